The number of benzene rings is 1. The monoisotopic (exact) mass is 382 g/mol. The van der Waals surface area contributed by atoms with Crippen molar-refractivity contribution in [2.45, 2.75) is 48.3 Å². The Morgan fingerprint density at radius 2 is 1.75 bits per heavy atom. The molecule has 0 bridgehead atoms. The van der Waals surface area contributed by atoms with E-state index in [0.29, 0.717) is 12.1 Å². The molecular weight excluding hydrogens is 362 g/mol. The van der Waals surface area contributed by atoms with Crippen LogP contribution in [0, 0.1) is 0 Å². The van der Waals surface area contributed by atoms with E-state index in [1.165, 1.54) is 12.1 Å². The third kappa shape index (κ3) is 4.64. The number of carbonyl (C=O) groups excluding carboxylic acids is 1. The number of amides is 1. The van der Waals surface area contributed by atoms with Gasteiger partial charge in [0.2, 0.25) is 15.7 Å². The molecule has 136 valence electrons. The maximum atomic E-state index is 12.5. The van der Waals surface area contributed by atoms with E-state index in [4.69, 9.17) is 5.73 Å². The Hall–Kier alpha value is -1.25. The van der Waals surface area contributed by atoms with Crippen molar-refractivity contribution in [3.05, 3.63) is 29.8 Å². The molecule has 2 rings (SSSR count). The van der Waals surface area contributed by atoms with E-state index >= 15 is 0 Å². The molecule has 5 nitrogen and oxygen atoms in total. The predicted molar refractivity (Wildman–Crippen MR) is 89.0 cm³/mol. The molecule has 0 saturated heterocycles. The van der Waals surface area contributed by atoms with Gasteiger partial charge < -0.3 is 11.1 Å². The number of halogens is 3. The van der Waals surface area contributed by atoms with Crippen molar-refractivity contribution < 1.29 is 22.0 Å². The van der Waals surface area contributed by atoms with Crippen LogP contribution in [0.3, 0.4) is 0 Å². The highest BCUT2D eigenvalue weighted by atomic mass is 35.5. The second kappa shape index (κ2) is 8.22. The zero-order valence-corrected chi connectivity index (χ0v) is 14.6. The predicted octanol–water partition coefficient (Wildman–Crippen LogP) is 2.03. The summed E-state index contributed by atoms with van der Waals surface area (Å²) in [6, 6.07) is 4.94. The van der Waals surface area contributed by atoms with Crippen molar-refractivity contribution in [3.8, 4) is 0 Å². The second-order valence-corrected chi connectivity index (χ2v) is 7.78. The van der Waals surface area contributed by atoms with Crippen molar-refractivity contribution in [2.24, 2.45) is 5.73 Å². The fraction of sp³-hybridized carbons (Fsp3) is 0.533. The maximum Gasteiger partial charge on any atom is 0.341 e. The minimum Gasteiger partial charge on any atom is -0.349 e. The number of nitrogens with one attached hydrogen (secondary N) is 1. The van der Waals surface area contributed by atoms with E-state index < -0.39 is 20.5 Å². The SMILES string of the molecule is Cl.NCC1(NC(=O)Cc2ccc(S(=O)(=O)C(F)F)cc2)CCCC1. The first-order valence-corrected chi connectivity index (χ1v) is 8.96. The van der Waals surface area contributed by atoms with E-state index in [9.17, 15) is 22.0 Å². The number of hydrogen-bond donors (Lipinski definition) is 2. The molecule has 0 aliphatic heterocycles. The van der Waals surface area contributed by atoms with Crippen molar-refractivity contribution in [3.63, 3.8) is 0 Å². The van der Waals surface area contributed by atoms with E-state index in [-0.39, 0.29) is 30.3 Å². The summed E-state index contributed by atoms with van der Waals surface area (Å²) in [5.41, 5.74) is 5.96. The first-order chi connectivity index (χ1) is 10.8. The molecule has 0 atom stereocenters. The first kappa shape index (κ1) is 20.8. The Morgan fingerprint density at radius 3 is 2.21 bits per heavy atom. The summed E-state index contributed by atoms with van der Waals surface area (Å²) < 4.78 is 47.6. The highest BCUT2D eigenvalue weighted by Gasteiger charge is 2.33. The van der Waals surface area contributed by atoms with Gasteiger partial charge in [-0.2, -0.15) is 8.78 Å². The summed E-state index contributed by atoms with van der Waals surface area (Å²) in [5.74, 6) is -3.66. The van der Waals surface area contributed by atoms with Gasteiger partial charge in [-0.25, -0.2) is 8.42 Å². The number of hydrogen-bond acceptors (Lipinski definition) is 4. The summed E-state index contributed by atoms with van der Waals surface area (Å²) in [6.45, 7) is 0.379. The molecule has 3 N–H and O–H groups in total. The first-order valence-electron chi connectivity index (χ1n) is 7.41. The normalized spacial score (nSPS) is 16.7. The Bertz CT molecular complexity index is 660. The molecule has 1 aromatic carbocycles. The van der Waals surface area contributed by atoms with Crippen LogP contribution in [0.5, 0.6) is 0 Å². The van der Waals surface area contributed by atoms with E-state index in [1.54, 1.807) is 0 Å². The van der Waals surface area contributed by atoms with E-state index in [2.05, 4.69) is 5.32 Å². The molecule has 1 aliphatic carbocycles. The second-order valence-electron chi connectivity index (χ2n) is 5.87. The molecule has 1 fully saturated rings. The van der Waals surface area contributed by atoms with Crippen molar-refractivity contribution in [2.75, 3.05) is 6.54 Å². The Balaban J connectivity index is 0.00000288. The summed E-state index contributed by atoms with van der Waals surface area (Å²) in [5, 5.41) is 2.95. The van der Waals surface area contributed by atoms with Crippen LogP contribution in [-0.4, -0.2) is 32.2 Å². The summed E-state index contributed by atoms with van der Waals surface area (Å²) >= 11 is 0. The number of carbonyl (C=O) groups is 1. The van der Waals surface area contributed by atoms with Crippen molar-refractivity contribution >= 4 is 28.2 Å². The quantitative estimate of drug-likeness (QED) is 0.787. The highest BCUT2D eigenvalue weighted by molar-refractivity contribution is 7.91. The smallest absolute Gasteiger partial charge is 0.341 e. The lowest BCUT2D eigenvalue weighted by molar-refractivity contribution is -0.122. The Labute approximate surface area is 146 Å². The maximum absolute atomic E-state index is 12.5. The molecule has 0 heterocycles. The summed E-state index contributed by atoms with van der Waals surface area (Å²) in [7, 11) is -4.60. The average molecular weight is 383 g/mol. The van der Waals surface area contributed by atoms with Gasteiger partial charge in [0, 0.05) is 6.54 Å². The molecule has 0 aromatic heterocycles. The average Bonchev–Trinajstić information content (AvgIpc) is 2.96. The fourth-order valence-corrected chi connectivity index (χ4v) is 3.58. The lowest BCUT2D eigenvalue weighted by atomic mass is 9.97. The van der Waals surface area contributed by atoms with Gasteiger partial charge in [0.15, 0.2) is 0 Å². The zero-order valence-electron chi connectivity index (χ0n) is 13.0. The fourth-order valence-electron chi connectivity index (χ4n) is 2.86. The van der Waals surface area contributed by atoms with Crippen LogP contribution >= 0.6 is 12.4 Å². The van der Waals surface area contributed by atoms with Crippen LogP contribution in [0.1, 0.15) is 31.2 Å². The van der Waals surface area contributed by atoms with Gasteiger partial charge in [0.05, 0.1) is 16.9 Å². The van der Waals surface area contributed by atoms with Gasteiger partial charge in [-0.1, -0.05) is 25.0 Å². The largest absolute Gasteiger partial charge is 0.349 e. The van der Waals surface area contributed by atoms with Crippen LogP contribution in [0.25, 0.3) is 0 Å². The minimum atomic E-state index is -4.60. The molecule has 0 radical (unpaired) electrons. The van der Waals surface area contributed by atoms with E-state index in [0.717, 1.165) is 37.8 Å². The molecule has 9 heteroatoms. The Morgan fingerprint density at radius 1 is 1.21 bits per heavy atom. The van der Waals surface area contributed by atoms with Crippen LogP contribution in [0.4, 0.5) is 8.78 Å². The minimum absolute atomic E-state index is 0. The van der Waals surface area contributed by atoms with Gasteiger partial charge in [-0.3, -0.25) is 4.79 Å². The molecular formula is C15H21ClF2N2O3S. The zero-order chi connectivity index (χ0) is 17.1. The van der Waals surface area contributed by atoms with Gasteiger partial charge in [0.25, 0.3) is 0 Å². The Kier molecular flexibility index (Phi) is 7.12. The highest BCUT2D eigenvalue weighted by Crippen LogP contribution is 2.28. The third-order valence-corrected chi connectivity index (χ3v) is 5.61. The molecule has 1 aromatic rings. The van der Waals surface area contributed by atoms with Gasteiger partial charge in [0.1, 0.15) is 0 Å². The molecule has 1 saturated carbocycles. The summed E-state index contributed by atoms with van der Waals surface area (Å²) in [4.78, 5) is 11.7. The van der Waals surface area contributed by atoms with Crippen LogP contribution in [0.2, 0.25) is 0 Å². The molecule has 1 amide bonds. The van der Waals surface area contributed by atoms with Crippen molar-refractivity contribution in [1.29, 1.82) is 0 Å². The molecule has 0 unspecified atom stereocenters. The van der Waals surface area contributed by atoms with Crippen molar-refractivity contribution in [1.82, 2.24) is 5.32 Å². The summed E-state index contributed by atoms with van der Waals surface area (Å²) in [6.07, 6.45) is 3.80. The lowest BCUT2D eigenvalue weighted by Gasteiger charge is -2.28. The van der Waals surface area contributed by atoms with Crippen LogP contribution in [-0.2, 0) is 21.1 Å². The third-order valence-electron chi connectivity index (χ3n) is 4.21. The van der Waals surface area contributed by atoms with Crippen LogP contribution < -0.4 is 11.1 Å². The van der Waals surface area contributed by atoms with Gasteiger partial charge >= 0.3 is 5.76 Å². The number of alkyl halides is 2. The van der Waals surface area contributed by atoms with Crippen LogP contribution in [0.15, 0.2) is 29.2 Å². The molecule has 1 aliphatic rings. The topological polar surface area (TPSA) is 89.3 Å². The van der Waals surface area contributed by atoms with E-state index in [1.807, 2.05) is 0 Å². The molecule has 24 heavy (non-hydrogen) atoms. The van der Waals surface area contributed by atoms with Gasteiger partial charge in [-0.05, 0) is 30.5 Å². The standard InChI is InChI=1S/C15H20F2N2O3S.ClH/c16-14(17)23(21,22)12-5-3-11(4-6-12)9-13(20)19-15(10-18)7-1-2-8-15;/h3-6,14H,1-2,7-10,18H2,(H,19,20);1H. The van der Waals surface area contributed by atoms with Gasteiger partial charge in [-0.15, -0.1) is 12.4 Å². The lowest BCUT2D eigenvalue weighted by Crippen LogP contribution is -2.52. The number of nitrogens with two attached hydrogens (primary N) is 1. The number of sulfone groups is 1. The molecule has 0 spiro atoms. The number of rotatable bonds is 6.